The third-order valence-electron chi connectivity index (χ3n) is 4.30. The minimum Gasteiger partial charge on any atom is -0.493 e. The van der Waals surface area contributed by atoms with Gasteiger partial charge >= 0.3 is 0 Å². The lowest BCUT2D eigenvalue weighted by molar-refractivity contribution is 0.324. The van der Waals surface area contributed by atoms with Crippen molar-refractivity contribution >= 4 is 24.1 Å². The second-order valence-corrected chi connectivity index (χ2v) is 6.70. The summed E-state index contributed by atoms with van der Waals surface area (Å²) in [4.78, 5) is 2.03. The van der Waals surface area contributed by atoms with E-state index in [1.54, 1.807) is 44.4 Å². The van der Waals surface area contributed by atoms with Crippen molar-refractivity contribution in [3.8, 4) is 28.6 Å². The zero-order chi connectivity index (χ0) is 21.0. The quantitative estimate of drug-likeness (QED) is 0.471. The van der Waals surface area contributed by atoms with Crippen LogP contribution in [0.15, 0.2) is 41.5 Å². The first-order chi connectivity index (χ1) is 14.0. The van der Waals surface area contributed by atoms with E-state index >= 15 is 0 Å². The first-order valence-electron chi connectivity index (χ1n) is 8.78. The van der Waals surface area contributed by atoms with Crippen LogP contribution in [0, 0.1) is 4.77 Å². The SMILES string of the molecule is COc1cc(C=Nn2c(-c3ccc(N(C)C)cc3)n[nH]c2=S)cc(OC)c1OC. The predicted molar refractivity (Wildman–Crippen MR) is 116 cm³/mol. The number of aromatic nitrogens is 3. The summed E-state index contributed by atoms with van der Waals surface area (Å²) in [5.41, 5.74) is 2.75. The van der Waals surface area contributed by atoms with E-state index in [0.717, 1.165) is 16.8 Å². The van der Waals surface area contributed by atoms with Crippen molar-refractivity contribution in [3.63, 3.8) is 0 Å². The van der Waals surface area contributed by atoms with E-state index in [0.29, 0.717) is 27.8 Å². The minimum absolute atomic E-state index is 0.389. The molecule has 0 saturated carbocycles. The molecule has 0 atom stereocenters. The molecule has 0 spiro atoms. The highest BCUT2D eigenvalue weighted by Crippen LogP contribution is 2.37. The van der Waals surface area contributed by atoms with Crippen LogP contribution in [-0.2, 0) is 0 Å². The molecule has 1 aromatic heterocycles. The second-order valence-electron chi connectivity index (χ2n) is 6.31. The van der Waals surface area contributed by atoms with Gasteiger partial charge in [0.15, 0.2) is 17.3 Å². The molecular formula is C20H23N5O3S. The first-order valence-corrected chi connectivity index (χ1v) is 9.18. The van der Waals surface area contributed by atoms with E-state index in [9.17, 15) is 0 Å². The van der Waals surface area contributed by atoms with E-state index in [1.807, 2.05) is 43.3 Å². The van der Waals surface area contributed by atoms with Crippen LogP contribution in [0.4, 0.5) is 5.69 Å². The number of anilines is 1. The number of H-pyrrole nitrogens is 1. The Morgan fingerprint density at radius 2 is 1.66 bits per heavy atom. The Kier molecular flexibility index (Phi) is 6.18. The van der Waals surface area contributed by atoms with Crippen LogP contribution < -0.4 is 19.1 Å². The number of rotatable bonds is 7. The fourth-order valence-electron chi connectivity index (χ4n) is 2.79. The highest BCUT2D eigenvalue weighted by molar-refractivity contribution is 7.71. The lowest BCUT2D eigenvalue weighted by Gasteiger charge is -2.13. The van der Waals surface area contributed by atoms with Crippen LogP contribution in [0.5, 0.6) is 17.2 Å². The molecule has 29 heavy (non-hydrogen) atoms. The molecule has 2 aromatic carbocycles. The number of benzene rings is 2. The zero-order valence-corrected chi connectivity index (χ0v) is 17.8. The average molecular weight is 414 g/mol. The first kappa shape index (κ1) is 20.4. The molecule has 0 aliphatic carbocycles. The zero-order valence-electron chi connectivity index (χ0n) is 17.0. The molecule has 0 bridgehead atoms. The summed E-state index contributed by atoms with van der Waals surface area (Å²) in [6, 6.07) is 11.6. The summed E-state index contributed by atoms with van der Waals surface area (Å²) in [5.74, 6) is 2.23. The molecule has 0 aliphatic heterocycles. The Balaban J connectivity index is 1.98. The van der Waals surface area contributed by atoms with Crippen LogP contribution in [0.1, 0.15) is 5.56 Å². The standard InChI is InChI=1S/C20H23N5O3S/c1-24(2)15-8-6-14(7-9-15)19-22-23-20(29)25(19)21-12-13-10-16(26-3)18(28-5)17(11-13)27-4/h6-12H,1-5H3,(H,23,29). The summed E-state index contributed by atoms with van der Waals surface area (Å²) >= 11 is 5.35. The van der Waals surface area contributed by atoms with Crippen LogP contribution in [0.3, 0.4) is 0 Å². The normalized spacial score (nSPS) is 10.9. The van der Waals surface area contributed by atoms with E-state index in [1.165, 1.54) is 0 Å². The summed E-state index contributed by atoms with van der Waals surface area (Å²) in [5, 5.41) is 11.6. The highest BCUT2D eigenvalue weighted by atomic mass is 32.1. The van der Waals surface area contributed by atoms with Crippen molar-refractivity contribution < 1.29 is 14.2 Å². The Hall–Kier alpha value is -3.33. The third-order valence-corrected chi connectivity index (χ3v) is 4.57. The van der Waals surface area contributed by atoms with Gasteiger partial charge in [0.2, 0.25) is 10.5 Å². The van der Waals surface area contributed by atoms with Gasteiger partial charge in [0.05, 0.1) is 27.5 Å². The molecule has 3 rings (SSSR count). The van der Waals surface area contributed by atoms with Gasteiger partial charge in [0.25, 0.3) is 0 Å². The van der Waals surface area contributed by atoms with Crippen molar-refractivity contribution in [2.24, 2.45) is 5.10 Å². The molecule has 0 radical (unpaired) electrons. The highest BCUT2D eigenvalue weighted by Gasteiger charge is 2.13. The summed E-state index contributed by atoms with van der Waals surface area (Å²) in [6.45, 7) is 0. The summed E-state index contributed by atoms with van der Waals surface area (Å²) < 4.78 is 18.1. The molecule has 0 amide bonds. The third kappa shape index (κ3) is 4.24. The maximum atomic E-state index is 5.39. The van der Waals surface area contributed by atoms with Gasteiger partial charge in [-0.15, -0.1) is 0 Å². The largest absolute Gasteiger partial charge is 0.493 e. The van der Waals surface area contributed by atoms with Crippen molar-refractivity contribution in [2.75, 3.05) is 40.3 Å². The number of nitrogens with one attached hydrogen (secondary N) is 1. The lowest BCUT2D eigenvalue weighted by Crippen LogP contribution is -2.08. The number of nitrogens with zero attached hydrogens (tertiary/aromatic N) is 4. The molecule has 0 fully saturated rings. The topological polar surface area (TPSA) is 76.9 Å². The van der Waals surface area contributed by atoms with E-state index in [2.05, 4.69) is 15.3 Å². The number of methoxy groups -OCH3 is 3. The van der Waals surface area contributed by atoms with Crippen LogP contribution >= 0.6 is 12.2 Å². The molecule has 152 valence electrons. The van der Waals surface area contributed by atoms with Crippen molar-refractivity contribution in [3.05, 3.63) is 46.7 Å². The molecular weight excluding hydrogens is 390 g/mol. The molecule has 1 N–H and O–H groups in total. The maximum Gasteiger partial charge on any atom is 0.216 e. The summed E-state index contributed by atoms with van der Waals surface area (Å²) in [6.07, 6.45) is 1.66. The van der Waals surface area contributed by atoms with Gasteiger partial charge in [-0.1, -0.05) is 0 Å². The minimum atomic E-state index is 0.389. The molecule has 0 saturated heterocycles. The van der Waals surface area contributed by atoms with Crippen molar-refractivity contribution in [2.45, 2.75) is 0 Å². The fourth-order valence-corrected chi connectivity index (χ4v) is 2.97. The van der Waals surface area contributed by atoms with Gasteiger partial charge in [-0.05, 0) is 48.6 Å². The van der Waals surface area contributed by atoms with Gasteiger partial charge in [-0.2, -0.15) is 14.9 Å². The van der Waals surface area contributed by atoms with Gasteiger partial charge in [0, 0.05) is 30.9 Å². The molecule has 0 aliphatic rings. The molecule has 1 heterocycles. The average Bonchev–Trinajstić information content (AvgIpc) is 3.11. The summed E-state index contributed by atoms with van der Waals surface area (Å²) in [7, 11) is 8.69. The molecule has 8 nitrogen and oxygen atoms in total. The molecule has 0 unspecified atom stereocenters. The lowest BCUT2D eigenvalue weighted by atomic mass is 10.2. The van der Waals surface area contributed by atoms with Crippen LogP contribution in [0.25, 0.3) is 11.4 Å². The number of aromatic amines is 1. The van der Waals surface area contributed by atoms with Gasteiger partial charge in [0.1, 0.15) is 0 Å². The number of ether oxygens (including phenoxy) is 3. The Morgan fingerprint density at radius 3 is 2.17 bits per heavy atom. The number of hydrogen-bond donors (Lipinski definition) is 1. The fraction of sp³-hybridized carbons (Fsp3) is 0.250. The Bertz CT molecular complexity index is 1050. The van der Waals surface area contributed by atoms with Crippen LogP contribution in [0.2, 0.25) is 0 Å². The smallest absolute Gasteiger partial charge is 0.216 e. The Morgan fingerprint density at radius 1 is 1.03 bits per heavy atom. The van der Waals surface area contributed by atoms with E-state index in [4.69, 9.17) is 26.4 Å². The van der Waals surface area contributed by atoms with Crippen molar-refractivity contribution in [1.29, 1.82) is 0 Å². The van der Waals surface area contributed by atoms with Crippen LogP contribution in [-0.4, -0.2) is 56.5 Å². The van der Waals surface area contributed by atoms with Gasteiger partial charge < -0.3 is 19.1 Å². The maximum absolute atomic E-state index is 5.39. The van der Waals surface area contributed by atoms with Gasteiger partial charge in [-0.3, -0.25) is 0 Å². The van der Waals surface area contributed by atoms with E-state index in [-0.39, 0.29) is 0 Å². The Labute approximate surface area is 174 Å². The second kappa shape index (κ2) is 8.78. The predicted octanol–water partition coefficient (Wildman–Crippen LogP) is 3.58. The number of hydrogen-bond acceptors (Lipinski definition) is 7. The van der Waals surface area contributed by atoms with Crippen molar-refractivity contribution in [1.82, 2.24) is 14.9 Å². The van der Waals surface area contributed by atoms with Gasteiger partial charge in [-0.25, -0.2) is 5.10 Å². The van der Waals surface area contributed by atoms with E-state index < -0.39 is 0 Å². The monoisotopic (exact) mass is 413 g/mol. The molecule has 3 aromatic rings. The molecule has 9 heteroatoms.